The summed E-state index contributed by atoms with van der Waals surface area (Å²) in [5, 5.41) is 6.96. The van der Waals surface area contributed by atoms with Crippen molar-refractivity contribution in [1.29, 1.82) is 0 Å². The molecule has 0 bridgehead atoms. The fraction of sp³-hybridized carbons (Fsp3) is 0.870. The number of halogens is 1. The van der Waals surface area contributed by atoms with Crippen LogP contribution in [0.25, 0.3) is 0 Å². The first kappa shape index (κ1) is 28.0. The Kier molecular flexibility index (Phi) is 13.4. The third-order valence-corrected chi connectivity index (χ3v) is 6.52. The van der Waals surface area contributed by atoms with Gasteiger partial charge in [0, 0.05) is 45.7 Å². The number of likely N-dealkylation sites (N-methyl/N-ethyl adjacent to an activating group) is 1. The van der Waals surface area contributed by atoms with Crippen LogP contribution < -0.4 is 10.6 Å². The molecular weight excluding hydrogens is 505 g/mol. The highest BCUT2D eigenvalue weighted by atomic mass is 127. The summed E-state index contributed by atoms with van der Waals surface area (Å²) in [6.45, 7) is 6.97. The second-order valence-electron chi connectivity index (χ2n) is 9.15. The van der Waals surface area contributed by atoms with Gasteiger partial charge in [-0.1, -0.05) is 46.0 Å². The maximum atomic E-state index is 12.7. The lowest BCUT2D eigenvalue weighted by Crippen LogP contribution is -2.47. The number of hydrogen-bond acceptors (Lipinski definition) is 3. The van der Waals surface area contributed by atoms with E-state index in [1.54, 1.807) is 19.0 Å². The molecule has 0 aromatic rings. The minimum atomic E-state index is -0.0152. The molecule has 2 amide bonds. The average Bonchev–Trinajstić information content (AvgIpc) is 3.43. The fourth-order valence-corrected chi connectivity index (χ4v) is 4.33. The molecule has 0 aromatic carbocycles. The molecule has 0 aromatic heterocycles. The Labute approximate surface area is 206 Å². The van der Waals surface area contributed by atoms with Crippen molar-refractivity contribution in [3.8, 4) is 0 Å². The summed E-state index contributed by atoms with van der Waals surface area (Å²) >= 11 is 0. The quantitative estimate of drug-likeness (QED) is 0.249. The molecule has 1 aliphatic carbocycles. The zero-order valence-electron chi connectivity index (χ0n) is 20.0. The smallest absolute Gasteiger partial charge is 0.243 e. The van der Waals surface area contributed by atoms with Gasteiger partial charge in [0.15, 0.2) is 5.96 Å². The van der Waals surface area contributed by atoms with Crippen LogP contribution in [0.4, 0.5) is 0 Å². The van der Waals surface area contributed by atoms with E-state index in [1.807, 2.05) is 4.90 Å². The predicted molar refractivity (Wildman–Crippen MR) is 138 cm³/mol. The van der Waals surface area contributed by atoms with Gasteiger partial charge in [-0.15, -0.1) is 24.0 Å². The van der Waals surface area contributed by atoms with Gasteiger partial charge in [-0.05, 0) is 31.6 Å². The van der Waals surface area contributed by atoms with Crippen molar-refractivity contribution in [2.75, 3.05) is 40.3 Å². The van der Waals surface area contributed by atoms with Gasteiger partial charge < -0.3 is 20.4 Å². The van der Waals surface area contributed by atoms with Gasteiger partial charge in [-0.3, -0.25) is 9.59 Å². The molecule has 2 N–H and O–H groups in total. The van der Waals surface area contributed by atoms with Gasteiger partial charge in [0.1, 0.15) is 6.54 Å². The Balaban J connectivity index is 0.00000480. The molecule has 2 aliphatic rings. The number of unbranched alkanes of at least 4 members (excludes halogenated alkanes) is 1. The van der Waals surface area contributed by atoms with Crippen LogP contribution in [0.5, 0.6) is 0 Å². The predicted octanol–water partition coefficient (Wildman–Crippen LogP) is 3.24. The van der Waals surface area contributed by atoms with Crippen LogP contribution in [0.15, 0.2) is 4.99 Å². The topological polar surface area (TPSA) is 77.0 Å². The van der Waals surface area contributed by atoms with Gasteiger partial charge in [-0.2, -0.15) is 0 Å². The summed E-state index contributed by atoms with van der Waals surface area (Å²) in [6.07, 6.45) is 10.2. The van der Waals surface area contributed by atoms with Crippen LogP contribution >= 0.6 is 24.0 Å². The highest BCUT2D eigenvalue weighted by molar-refractivity contribution is 14.0. The molecule has 1 saturated heterocycles. The monoisotopic (exact) mass is 549 g/mol. The number of hydrogen-bond donors (Lipinski definition) is 2. The zero-order chi connectivity index (χ0) is 21.9. The Hall–Kier alpha value is -1.06. The summed E-state index contributed by atoms with van der Waals surface area (Å²) < 4.78 is 0. The first-order chi connectivity index (χ1) is 14.4. The van der Waals surface area contributed by atoms with Gasteiger partial charge >= 0.3 is 0 Å². The second-order valence-corrected chi connectivity index (χ2v) is 9.15. The Bertz CT molecular complexity index is 578. The number of amides is 2. The van der Waals surface area contributed by atoms with Crippen molar-refractivity contribution >= 4 is 41.8 Å². The molecule has 31 heavy (non-hydrogen) atoms. The molecule has 7 nitrogen and oxygen atoms in total. The number of nitrogens with one attached hydrogen (secondary N) is 2. The van der Waals surface area contributed by atoms with Crippen LogP contribution in [-0.2, 0) is 9.59 Å². The van der Waals surface area contributed by atoms with E-state index in [-0.39, 0.29) is 48.4 Å². The molecular formula is C23H44IN5O2. The van der Waals surface area contributed by atoms with Crippen molar-refractivity contribution in [3.05, 3.63) is 0 Å². The van der Waals surface area contributed by atoms with Crippen LogP contribution in [0.1, 0.15) is 71.6 Å². The summed E-state index contributed by atoms with van der Waals surface area (Å²) in [7, 11) is 3.50. The first-order valence-electron chi connectivity index (χ1n) is 12.0. The third kappa shape index (κ3) is 9.53. The number of carbonyl (C=O) groups is 2. The first-order valence-corrected chi connectivity index (χ1v) is 12.0. The van der Waals surface area contributed by atoms with Crippen molar-refractivity contribution in [1.82, 2.24) is 20.4 Å². The fourth-order valence-electron chi connectivity index (χ4n) is 4.33. The lowest BCUT2D eigenvalue weighted by Gasteiger charge is -2.23. The van der Waals surface area contributed by atoms with E-state index < -0.39 is 0 Å². The number of likely N-dealkylation sites (tertiary alicyclic amines) is 1. The number of carbonyl (C=O) groups excluding carboxylic acids is 2. The van der Waals surface area contributed by atoms with E-state index in [0.717, 1.165) is 45.3 Å². The van der Waals surface area contributed by atoms with E-state index in [4.69, 9.17) is 0 Å². The summed E-state index contributed by atoms with van der Waals surface area (Å²) in [5.41, 5.74) is 0. The summed E-state index contributed by atoms with van der Waals surface area (Å²) in [4.78, 5) is 32.9. The van der Waals surface area contributed by atoms with E-state index in [0.29, 0.717) is 17.8 Å². The molecule has 1 aliphatic heterocycles. The van der Waals surface area contributed by atoms with E-state index >= 15 is 0 Å². The second kappa shape index (κ2) is 14.9. The minimum absolute atomic E-state index is 0. The maximum absolute atomic E-state index is 12.7. The molecule has 2 unspecified atom stereocenters. The van der Waals surface area contributed by atoms with Crippen molar-refractivity contribution in [2.45, 2.75) is 77.7 Å². The molecule has 1 heterocycles. The Morgan fingerprint density at radius 2 is 1.87 bits per heavy atom. The van der Waals surface area contributed by atoms with Gasteiger partial charge in [-0.25, -0.2) is 4.99 Å². The van der Waals surface area contributed by atoms with E-state index in [9.17, 15) is 9.59 Å². The lowest BCUT2D eigenvalue weighted by atomic mass is 9.99. The van der Waals surface area contributed by atoms with Crippen molar-refractivity contribution in [3.63, 3.8) is 0 Å². The summed E-state index contributed by atoms with van der Waals surface area (Å²) in [5.74, 6) is 1.85. The number of nitrogens with zero attached hydrogens (tertiary/aromatic N) is 3. The van der Waals surface area contributed by atoms with Crippen molar-refractivity contribution < 1.29 is 9.59 Å². The Morgan fingerprint density at radius 3 is 2.48 bits per heavy atom. The SMILES string of the molecule is CCCCC(CC)CNC(=NCC(=O)N(C)C)NC1CCN(C(=O)C2CCCC2)C1.I. The minimum Gasteiger partial charge on any atom is -0.356 e. The summed E-state index contributed by atoms with van der Waals surface area (Å²) in [6, 6.07) is 0.187. The maximum Gasteiger partial charge on any atom is 0.243 e. The van der Waals surface area contributed by atoms with Crippen LogP contribution in [0.3, 0.4) is 0 Å². The molecule has 1 saturated carbocycles. The normalized spacial score (nSPS) is 20.3. The van der Waals surface area contributed by atoms with Gasteiger partial charge in [0.25, 0.3) is 0 Å². The van der Waals surface area contributed by atoms with Crippen LogP contribution in [0, 0.1) is 11.8 Å². The van der Waals surface area contributed by atoms with Gasteiger partial charge in [0.05, 0.1) is 0 Å². The van der Waals surface area contributed by atoms with E-state index in [2.05, 4.69) is 29.5 Å². The van der Waals surface area contributed by atoms with E-state index in [1.165, 1.54) is 32.1 Å². The highest BCUT2D eigenvalue weighted by Gasteiger charge is 2.32. The Morgan fingerprint density at radius 1 is 1.16 bits per heavy atom. The molecule has 0 radical (unpaired) electrons. The molecule has 2 fully saturated rings. The van der Waals surface area contributed by atoms with Crippen LogP contribution in [-0.4, -0.2) is 73.9 Å². The number of aliphatic imine (C=N–C) groups is 1. The third-order valence-electron chi connectivity index (χ3n) is 6.52. The lowest BCUT2D eigenvalue weighted by molar-refractivity contribution is -0.134. The number of guanidine groups is 1. The molecule has 8 heteroatoms. The van der Waals surface area contributed by atoms with Crippen LogP contribution in [0.2, 0.25) is 0 Å². The largest absolute Gasteiger partial charge is 0.356 e. The molecule has 180 valence electrons. The van der Waals surface area contributed by atoms with Crippen molar-refractivity contribution in [2.24, 2.45) is 16.8 Å². The van der Waals surface area contributed by atoms with Gasteiger partial charge in [0.2, 0.25) is 11.8 Å². The molecule has 0 spiro atoms. The number of rotatable bonds is 10. The highest BCUT2D eigenvalue weighted by Crippen LogP contribution is 2.27. The standard InChI is InChI=1S/C23H43N5O2.HI/c1-5-7-10-18(6-2)15-24-23(25-16-21(29)27(3)4)26-20-13-14-28(17-20)22(30)19-11-8-9-12-19;/h18-20H,5-17H2,1-4H3,(H2,24,25,26);1H. The average molecular weight is 550 g/mol. The molecule has 2 atom stereocenters. The molecule has 2 rings (SSSR count). The zero-order valence-corrected chi connectivity index (χ0v) is 22.3.